The van der Waals surface area contributed by atoms with Gasteiger partial charge < -0.3 is 9.84 Å². The van der Waals surface area contributed by atoms with Crippen LogP contribution in [0, 0.1) is 12.7 Å². The molecule has 22 heavy (non-hydrogen) atoms. The van der Waals surface area contributed by atoms with Crippen molar-refractivity contribution < 1.29 is 19.0 Å². The molecule has 116 valence electrons. The lowest BCUT2D eigenvalue weighted by Crippen LogP contribution is -2.23. The van der Waals surface area contributed by atoms with Crippen LogP contribution in [0.3, 0.4) is 0 Å². The molecule has 0 fully saturated rings. The molecule has 0 aromatic heterocycles. The van der Waals surface area contributed by atoms with E-state index in [1.807, 2.05) is 31.2 Å². The fourth-order valence-electron chi connectivity index (χ4n) is 2.01. The Kier molecular flexibility index (Phi) is 5.67. The molecule has 0 aliphatic carbocycles. The molecule has 0 bridgehead atoms. The maximum atomic E-state index is 12.8. The minimum absolute atomic E-state index is 0.146. The van der Waals surface area contributed by atoms with Gasteiger partial charge >= 0.3 is 5.97 Å². The van der Waals surface area contributed by atoms with Gasteiger partial charge in [0.25, 0.3) is 0 Å². The van der Waals surface area contributed by atoms with Gasteiger partial charge in [-0.3, -0.25) is 0 Å². The Bertz CT molecular complexity index is 605. The van der Waals surface area contributed by atoms with Crippen molar-refractivity contribution >= 4 is 5.97 Å². The molecule has 0 aliphatic heterocycles. The third kappa shape index (κ3) is 4.97. The van der Waals surface area contributed by atoms with E-state index >= 15 is 0 Å². The van der Waals surface area contributed by atoms with Crippen LogP contribution in [0.2, 0.25) is 0 Å². The number of rotatable bonds is 6. The van der Waals surface area contributed by atoms with E-state index in [1.54, 1.807) is 12.1 Å². The molecule has 4 heteroatoms. The number of aryl methyl sites for hydroxylation is 2. The van der Waals surface area contributed by atoms with Gasteiger partial charge in [-0.1, -0.05) is 42.0 Å². The molecular weight excluding hydrogens is 283 g/mol. The summed E-state index contributed by atoms with van der Waals surface area (Å²) >= 11 is 0. The minimum atomic E-state index is -1.17. The fraction of sp³-hybridized carbons (Fsp3) is 0.278. The number of esters is 1. The number of aliphatic hydroxyl groups is 1. The summed E-state index contributed by atoms with van der Waals surface area (Å²) in [6.07, 6.45) is -0.435. The number of carbonyl (C=O) groups is 1. The average Bonchev–Trinajstić information content (AvgIpc) is 2.53. The normalized spacial score (nSPS) is 12.0. The first kappa shape index (κ1) is 16.2. The van der Waals surface area contributed by atoms with Crippen molar-refractivity contribution in [2.75, 3.05) is 0 Å². The molecule has 0 aliphatic rings. The summed E-state index contributed by atoms with van der Waals surface area (Å²) in [5, 5.41) is 9.81. The zero-order valence-corrected chi connectivity index (χ0v) is 12.5. The summed E-state index contributed by atoms with van der Waals surface area (Å²) in [6, 6.07) is 13.6. The summed E-state index contributed by atoms with van der Waals surface area (Å²) < 4.78 is 17.9. The number of hydrogen-bond acceptors (Lipinski definition) is 3. The highest BCUT2D eigenvalue weighted by molar-refractivity contribution is 5.74. The Morgan fingerprint density at radius 1 is 1.09 bits per heavy atom. The van der Waals surface area contributed by atoms with Crippen molar-refractivity contribution in [3.63, 3.8) is 0 Å². The second-order valence-corrected chi connectivity index (χ2v) is 5.27. The summed E-state index contributed by atoms with van der Waals surface area (Å²) in [5.41, 5.74) is 2.88. The molecule has 0 saturated heterocycles. The number of hydrogen-bond donors (Lipinski definition) is 1. The van der Waals surface area contributed by atoms with Gasteiger partial charge in [0.05, 0.1) is 0 Å². The quantitative estimate of drug-likeness (QED) is 0.834. The first-order valence-electron chi connectivity index (χ1n) is 7.19. The van der Waals surface area contributed by atoms with Crippen molar-refractivity contribution in [3.8, 4) is 0 Å². The molecule has 0 radical (unpaired) electrons. The van der Waals surface area contributed by atoms with Gasteiger partial charge in [-0.25, -0.2) is 9.18 Å². The van der Waals surface area contributed by atoms with Crippen molar-refractivity contribution in [1.29, 1.82) is 0 Å². The van der Waals surface area contributed by atoms with Gasteiger partial charge in [0.2, 0.25) is 0 Å². The average molecular weight is 302 g/mol. The predicted octanol–water partition coefficient (Wildman–Crippen LogP) is 3.17. The summed E-state index contributed by atoms with van der Waals surface area (Å²) in [5.74, 6) is -0.940. The lowest BCUT2D eigenvalue weighted by Gasteiger charge is -2.11. The molecule has 2 aromatic rings. The largest absolute Gasteiger partial charge is 0.459 e. The Morgan fingerprint density at radius 3 is 2.32 bits per heavy atom. The molecule has 0 heterocycles. The van der Waals surface area contributed by atoms with Gasteiger partial charge in [0.15, 0.2) is 6.10 Å². The van der Waals surface area contributed by atoms with Crippen LogP contribution in [0.5, 0.6) is 0 Å². The molecule has 3 nitrogen and oxygen atoms in total. The van der Waals surface area contributed by atoms with E-state index in [9.17, 15) is 14.3 Å². The van der Waals surface area contributed by atoms with Crippen LogP contribution in [0.15, 0.2) is 48.5 Å². The number of carbonyl (C=O) groups excluding carboxylic acids is 1. The van der Waals surface area contributed by atoms with Crippen LogP contribution in [-0.4, -0.2) is 17.2 Å². The van der Waals surface area contributed by atoms with Crippen molar-refractivity contribution in [2.24, 2.45) is 0 Å². The second kappa shape index (κ2) is 7.71. The van der Waals surface area contributed by atoms with Crippen LogP contribution >= 0.6 is 0 Å². The molecule has 0 amide bonds. The lowest BCUT2D eigenvalue weighted by molar-refractivity contribution is -0.155. The molecular formula is C18H19FO3. The Balaban J connectivity index is 1.76. The number of halogens is 1. The van der Waals surface area contributed by atoms with Crippen LogP contribution in [0.25, 0.3) is 0 Å². The molecule has 2 rings (SSSR count). The molecule has 0 spiro atoms. The third-order valence-electron chi connectivity index (χ3n) is 3.39. The zero-order chi connectivity index (χ0) is 15.9. The SMILES string of the molecule is Cc1ccc(COC(=O)[C@H](O)CCc2ccc(F)cc2)cc1. The first-order valence-corrected chi connectivity index (χ1v) is 7.19. The van der Waals surface area contributed by atoms with Crippen LogP contribution in [0.1, 0.15) is 23.1 Å². The van der Waals surface area contributed by atoms with Crippen LogP contribution in [-0.2, 0) is 22.6 Å². The topological polar surface area (TPSA) is 46.5 Å². The van der Waals surface area contributed by atoms with E-state index in [-0.39, 0.29) is 18.8 Å². The van der Waals surface area contributed by atoms with E-state index < -0.39 is 12.1 Å². The number of ether oxygens (including phenoxy) is 1. The molecule has 1 N–H and O–H groups in total. The Morgan fingerprint density at radius 2 is 1.68 bits per heavy atom. The number of benzene rings is 2. The highest BCUT2D eigenvalue weighted by Crippen LogP contribution is 2.09. The molecule has 0 unspecified atom stereocenters. The smallest absolute Gasteiger partial charge is 0.335 e. The summed E-state index contributed by atoms with van der Waals surface area (Å²) in [7, 11) is 0. The van der Waals surface area contributed by atoms with Gasteiger partial charge in [-0.05, 0) is 43.0 Å². The lowest BCUT2D eigenvalue weighted by atomic mass is 10.1. The maximum absolute atomic E-state index is 12.8. The van der Waals surface area contributed by atoms with Crippen LogP contribution < -0.4 is 0 Å². The highest BCUT2D eigenvalue weighted by atomic mass is 19.1. The monoisotopic (exact) mass is 302 g/mol. The first-order chi connectivity index (χ1) is 10.5. The molecule has 0 saturated carbocycles. The van der Waals surface area contributed by atoms with E-state index in [2.05, 4.69) is 0 Å². The minimum Gasteiger partial charge on any atom is -0.459 e. The Labute approximate surface area is 129 Å². The maximum Gasteiger partial charge on any atom is 0.335 e. The van der Waals surface area contributed by atoms with E-state index in [1.165, 1.54) is 12.1 Å². The third-order valence-corrected chi connectivity index (χ3v) is 3.39. The second-order valence-electron chi connectivity index (χ2n) is 5.27. The Hall–Kier alpha value is -2.20. The molecule has 1 atom stereocenters. The van der Waals surface area contributed by atoms with Gasteiger partial charge in [0, 0.05) is 0 Å². The van der Waals surface area contributed by atoms with Gasteiger partial charge in [0.1, 0.15) is 12.4 Å². The number of aliphatic hydroxyl groups excluding tert-OH is 1. The van der Waals surface area contributed by atoms with Gasteiger partial charge in [-0.15, -0.1) is 0 Å². The van der Waals surface area contributed by atoms with Crippen LogP contribution in [0.4, 0.5) is 4.39 Å². The van der Waals surface area contributed by atoms with E-state index in [4.69, 9.17) is 4.74 Å². The van der Waals surface area contributed by atoms with Crippen molar-refractivity contribution in [3.05, 3.63) is 71.0 Å². The molecule has 2 aromatic carbocycles. The van der Waals surface area contributed by atoms with Crippen molar-refractivity contribution in [2.45, 2.75) is 32.5 Å². The highest BCUT2D eigenvalue weighted by Gasteiger charge is 2.16. The van der Waals surface area contributed by atoms with Crippen molar-refractivity contribution in [1.82, 2.24) is 0 Å². The summed E-state index contributed by atoms with van der Waals surface area (Å²) in [4.78, 5) is 11.7. The zero-order valence-electron chi connectivity index (χ0n) is 12.5. The standard InChI is InChI=1S/C18H19FO3/c1-13-2-4-15(5-3-13)12-22-18(21)17(20)11-8-14-6-9-16(19)10-7-14/h2-7,9-10,17,20H,8,11-12H2,1H3/t17-/m1/s1. The predicted molar refractivity (Wildman–Crippen MR) is 81.7 cm³/mol. The fourth-order valence-corrected chi connectivity index (χ4v) is 2.01. The van der Waals surface area contributed by atoms with E-state index in [0.717, 1.165) is 16.7 Å². The van der Waals surface area contributed by atoms with E-state index in [0.29, 0.717) is 6.42 Å². The summed E-state index contributed by atoms with van der Waals surface area (Å²) in [6.45, 7) is 2.13. The van der Waals surface area contributed by atoms with Gasteiger partial charge in [-0.2, -0.15) is 0 Å².